The lowest BCUT2D eigenvalue weighted by atomic mass is 10.2. The maximum atomic E-state index is 11.6. The first-order valence-electron chi connectivity index (χ1n) is 6.64. The number of thiophene rings is 1. The van der Waals surface area contributed by atoms with E-state index in [1.807, 2.05) is 17.5 Å². The topological polar surface area (TPSA) is 55.4 Å². The third kappa shape index (κ3) is 5.71. The third-order valence-electron chi connectivity index (χ3n) is 2.77. The highest BCUT2D eigenvalue weighted by molar-refractivity contribution is 7.09. The molecular formula is C16H13Cl2NO3S. The number of esters is 1. The standard InChI is InChI=1S/C16H13Cl2NO3S/c17-13-4-1-5-14(18)12(13)6-7-16(21)22-10-15(20)19-9-11-3-2-8-23-11/h1-8H,9-10H2,(H,19,20)/b7-6+. The lowest BCUT2D eigenvalue weighted by molar-refractivity contribution is -0.143. The number of carbonyl (C=O) groups is 2. The summed E-state index contributed by atoms with van der Waals surface area (Å²) >= 11 is 13.5. The van der Waals surface area contributed by atoms with Crippen molar-refractivity contribution in [3.63, 3.8) is 0 Å². The fourth-order valence-electron chi connectivity index (χ4n) is 1.66. The molecule has 0 aliphatic carbocycles. The number of rotatable bonds is 6. The molecule has 1 aromatic heterocycles. The van der Waals surface area contributed by atoms with Gasteiger partial charge in [-0.2, -0.15) is 0 Å². The van der Waals surface area contributed by atoms with Gasteiger partial charge in [0.05, 0.1) is 6.54 Å². The molecule has 1 aromatic carbocycles. The van der Waals surface area contributed by atoms with E-state index in [0.717, 1.165) is 4.88 Å². The number of amides is 1. The van der Waals surface area contributed by atoms with Crippen molar-refractivity contribution in [2.75, 3.05) is 6.61 Å². The van der Waals surface area contributed by atoms with Crippen LogP contribution in [0.25, 0.3) is 6.08 Å². The molecule has 0 radical (unpaired) electrons. The lowest BCUT2D eigenvalue weighted by Gasteiger charge is -2.04. The zero-order chi connectivity index (χ0) is 16.7. The van der Waals surface area contributed by atoms with Crippen LogP contribution in [0.1, 0.15) is 10.4 Å². The normalized spacial score (nSPS) is 10.7. The van der Waals surface area contributed by atoms with Gasteiger partial charge in [-0.3, -0.25) is 4.79 Å². The summed E-state index contributed by atoms with van der Waals surface area (Å²) in [5.41, 5.74) is 0.523. The molecular weight excluding hydrogens is 357 g/mol. The summed E-state index contributed by atoms with van der Waals surface area (Å²) < 4.78 is 4.85. The molecule has 7 heteroatoms. The summed E-state index contributed by atoms with van der Waals surface area (Å²) in [6.45, 7) is 0.0733. The number of hydrogen-bond donors (Lipinski definition) is 1. The largest absolute Gasteiger partial charge is 0.452 e. The van der Waals surface area contributed by atoms with E-state index >= 15 is 0 Å². The number of hydrogen-bond acceptors (Lipinski definition) is 4. The van der Waals surface area contributed by atoms with Crippen molar-refractivity contribution in [1.82, 2.24) is 5.32 Å². The van der Waals surface area contributed by atoms with Crippen LogP contribution in [0, 0.1) is 0 Å². The molecule has 0 fully saturated rings. The maximum absolute atomic E-state index is 11.6. The highest BCUT2D eigenvalue weighted by Crippen LogP contribution is 2.25. The van der Waals surface area contributed by atoms with Crippen molar-refractivity contribution in [3.8, 4) is 0 Å². The van der Waals surface area contributed by atoms with Crippen LogP contribution >= 0.6 is 34.5 Å². The van der Waals surface area contributed by atoms with E-state index in [-0.39, 0.29) is 12.5 Å². The second kappa shape index (κ2) is 8.72. The summed E-state index contributed by atoms with van der Waals surface area (Å²) in [7, 11) is 0. The Bertz CT molecular complexity index is 694. The Balaban J connectivity index is 1.78. The predicted molar refractivity (Wildman–Crippen MR) is 92.6 cm³/mol. The summed E-state index contributed by atoms with van der Waals surface area (Å²) in [5.74, 6) is -1.01. The minimum atomic E-state index is -0.646. The molecule has 0 bridgehead atoms. The van der Waals surface area contributed by atoms with Gasteiger partial charge in [-0.05, 0) is 29.7 Å². The fourth-order valence-corrected chi connectivity index (χ4v) is 2.82. The van der Waals surface area contributed by atoms with E-state index < -0.39 is 5.97 Å². The highest BCUT2D eigenvalue weighted by Gasteiger charge is 2.06. The first-order valence-corrected chi connectivity index (χ1v) is 8.28. The van der Waals surface area contributed by atoms with Crippen molar-refractivity contribution in [2.24, 2.45) is 0 Å². The maximum Gasteiger partial charge on any atom is 0.331 e. The number of carbonyl (C=O) groups excluding carboxylic acids is 2. The van der Waals surface area contributed by atoms with Crippen LogP contribution in [0.4, 0.5) is 0 Å². The van der Waals surface area contributed by atoms with E-state index in [4.69, 9.17) is 27.9 Å². The van der Waals surface area contributed by atoms with Crippen molar-refractivity contribution in [1.29, 1.82) is 0 Å². The van der Waals surface area contributed by atoms with Gasteiger partial charge in [0.15, 0.2) is 6.61 Å². The first-order chi connectivity index (χ1) is 11.1. The molecule has 120 valence electrons. The van der Waals surface area contributed by atoms with Crippen LogP contribution in [0.3, 0.4) is 0 Å². The summed E-state index contributed by atoms with van der Waals surface area (Å²) in [4.78, 5) is 24.2. The SMILES string of the molecule is O=C(COC(=O)/C=C/c1c(Cl)cccc1Cl)NCc1cccs1. The summed E-state index contributed by atoms with van der Waals surface area (Å²) in [6.07, 6.45) is 2.64. The second-order valence-corrected chi connectivity index (χ2v) is 6.28. The molecule has 2 rings (SSSR count). The van der Waals surface area contributed by atoms with Gasteiger partial charge in [-0.25, -0.2) is 4.79 Å². The van der Waals surface area contributed by atoms with Gasteiger partial charge < -0.3 is 10.1 Å². The Kier molecular flexibility index (Phi) is 6.65. The monoisotopic (exact) mass is 369 g/mol. The van der Waals surface area contributed by atoms with Gasteiger partial charge in [0.25, 0.3) is 5.91 Å². The summed E-state index contributed by atoms with van der Waals surface area (Å²) in [6, 6.07) is 8.84. The molecule has 23 heavy (non-hydrogen) atoms. The van der Waals surface area contributed by atoms with Gasteiger partial charge in [-0.1, -0.05) is 35.3 Å². The van der Waals surface area contributed by atoms with Crippen LogP contribution in [0.2, 0.25) is 10.0 Å². The van der Waals surface area contributed by atoms with E-state index in [1.165, 1.54) is 23.5 Å². The second-order valence-electron chi connectivity index (χ2n) is 4.43. The Morgan fingerprint density at radius 3 is 2.57 bits per heavy atom. The van der Waals surface area contributed by atoms with Crippen molar-refractivity contribution < 1.29 is 14.3 Å². The molecule has 0 unspecified atom stereocenters. The van der Waals surface area contributed by atoms with E-state index in [1.54, 1.807) is 18.2 Å². The number of nitrogens with one attached hydrogen (secondary N) is 1. The van der Waals surface area contributed by atoms with Crippen molar-refractivity contribution in [3.05, 3.63) is 62.3 Å². The minimum Gasteiger partial charge on any atom is -0.452 e. The van der Waals surface area contributed by atoms with E-state index in [0.29, 0.717) is 22.2 Å². The average molecular weight is 370 g/mol. The number of benzene rings is 1. The quantitative estimate of drug-likeness (QED) is 0.619. The van der Waals surface area contributed by atoms with Crippen molar-refractivity contribution >= 4 is 52.5 Å². The van der Waals surface area contributed by atoms with Crippen LogP contribution in [-0.4, -0.2) is 18.5 Å². The van der Waals surface area contributed by atoms with Gasteiger partial charge >= 0.3 is 5.97 Å². The molecule has 2 aromatic rings. The number of halogens is 2. The lowest BCUT2D eigenvalue weighted by Crippen LogP contribution is -2.27. The van der Waals surface area contributed by atoms with Gasteiger partial charge in [0, 0.05) is 26.6 Å². The molecule has 0 atom stereocenters. The highest BCUT2D eigenvalue weighted by atomic mass is 35.5. The van der Waals surface area contributed by atoms with Gasteiger partial charge in [-0.15, -0.1) is 11.3 Å². The molecule has 0 aliphatic heterocycles. The molecule has 4 nitrogen and oxygen atoms in total. The van der Waals surface area contributed by atoms with Crippen LogP contribution in [0.5, 0.6) is 0 Å². The molecule has 1 N–H and O–H groups in total. The Hall–Kier alpha value is -1.82. The van der Waals surface area contributed by atoms with E-state index in [2.05, 4.69) is 5.32 Å². The Morgan fingerprint density at radius 1 is 1.17 bits per heavy atom. The van der Waals surface area contributed by atoms with Gasteiger partial charge in [0.1, 0.15) is 0 Å². The van der Waals surface area contributed by atoms with Crippen LogP contribution in [-0.2, 0) is 20.9 Å². The first kappa shape index (κ1) is 17.5. The van der Waals surface area contributed by atoms with Gasteiger partial charge in [0.2, 0.25) is 0 Å². The molecule has 1 amide bonds. The Morgan fingerprint density at radius 2 is 1.91 bits per heavy atom. The summed E-state index contributed by atoms with van der Waals surface area (Å²) in [5, 5.41) is 5.44. The van der Waals surface area contributed by atoms with Crippen molar-refractivity contribution in [2.45, 2.75) is 6.54 Å². The van der Waals surface area contributed by atoms with Crippen LogP contribution < -0.4 is 5.32 Å². The molecule has 0 spiro atoms. The number of ether oxygens (including phenoxy) is 1. The average Bonchev–Trinajstić information content (AvgIpc) is 3.04. The molecule has 0 aliphatic rings. The molecule has 0 saturated carbocycles. The Labute approximate surface area is 147 Å². The minimum absolute atomic E-state index is 0.342. The molecule has 0 saturated heterocycles. The molecule has 1 heterocycles. The zero-order valence-electron chi connectivity index (χ0n) is 11.9. The zero-order valence-corrected chi connectivity index (χ0v) is 14.3. The smallest absolute Gasteiger partial charge is 0.331 e. The predicted octanol–water partition coefficient (Wildman–Crippen LogP) is 3.93. The third-order valence-corrected chi connectivity index (χ3v) is 4.31. The fraction of sp³-hybridized carbons (Fsp3) is 0.125. The van der Waals surface area contributed by atoms with Crippen LogP contribution in [0.15, 0.2) is 41.8 Å². The van der Waals surface area contributed by atoms with E-state index in [9.17, 15) is 9.59 Å².